The normalized spacial score (nSPS) is 31.4. The van der Waals surface area contributed by atoms with Crippen molar-refractivity contribution in [3.8, 4) is 0 Å². The predicted molar refractivity (Wildman–Crippen MR) is 98.2 cm³/mol. The standard InChI is InChI=1S/C21H27F3N2O2/c1-2-15-12-26-19(27)8-7-18-13-25(10-9-20(18,26)28-14-15)11-16-3-5-17(6-4-16)21(22,23)24/h3-6,15,18H,2,7-14H2,1H3/t15-,18-,20-/m0/s1. The molecule has 0 bridgehead atoms. The fraction of sp³-hybridized carbons (Fsp3) is 0.667. The highest BCUT2D eigenvalue weighted by Crippen LogP contribution is 2.45. The second kappa shape index (κ2) is 7.34. The number of likely N-dealkylation sites (tertiary alicyclic amines) is 1. The molecule has 3 atom stereocenters. The summed E-state index contributed by atoms with van der Waals surface area (Å²) >= 11 is 0. The number of amides is 1. The van der Waals surface area contributed by atoms with Crippen molar-refractivity contribution in [2.45, 2.75) is 51.1 Å². The van der Waals surface area contributed by atoms with Gasteiger partial charge in [0.15, 0.2) is 0 Å². The number of halogens is 3. The van der Waals surface area contributed by atoms with E-state index in [-0.39, 0.29) is 11.8 Å². The first-order valence-corrected chi connectivity index (χ1v) is 10.1. The minimum Gasteiger partial charge on any atom is -0.355 e. The molecule has 3 heterocycles. The van der Waals surface area contributed by atoms with Crippen LogP contribution >= 0.6 is 0 Å². The second-order valence-corrected chi connectivity index (χ2v) is 8.35. The molecule has 3 aliphatic rings. The summed E-state index contributed by atoms with van der Waals surface area (Å²) in [5, 5.41) is 0. The Morgan fingerprint density at radius 3 is 2.64 bits per heavy atom. The van der Waals surface area contributed by atoms with Gasteiger partial charge in [0.1, 0.15) is 5.72 Å². The van der Waals surface area contributed by atoms with E-state index in [4.69, 9.17) is 4.74 Å². The highest BCUT2D eigenvalue weighted by atomic mass is 19.4. The number of benzene rings is 1. The zero-order valence-electron chi connectivity index (χ0n) is 16.2. The van der Waals surface area contributed by atoms with Crippen molar-refractivity contribution in [1.29, 1.82) is 0 Å². The van der Waals surface area contributed by atoms with Crippen LogP contribution in [0.3, 0.4) is 0 Å². The number of hydrogen-bond donors (Lipinski definition) is 0. The Labute approximate surface area is 163 Å². The van der Waals surface area contributed by atoms with Crippen molar-refractivity contribution >= 4 is 5.91 Å². The van der Waals surface area contributed by atoms with E-state index < -0.39 is 17.5 Å². The fourth-order valence-electron chi connectivity index (χ4n) is 4.93. The number of ether oxygens (including phenoxy) is 1. The maximum atomic E-state index is 12.7. The van der Waals surface area contributed by atoms with E-state index in [1.165, 1.54) is 0 Å². The van der Waals surface area contributed by atoms with Crippen molar-refractivity contribution in [3.63, 3.8) is 0 Å². The van der Waals surface area contributed by atoms with Gasteiger partial charge >= 0.3 is 6.18 Å². The van der Waals surface area contributed by atoms with Crippen molar-refractivity contribution in [2.75, 3.05) is 26.2 Å². The molecule has 0 unspecified atom stereocenters. The summed E-state index contributed by atoms with van der Waals surface area (Å²) in [4.78, 5) is 16.8. The number of piperidine rings is 2. The largest absolute Gasteiger partial charge is 0.416 e. The second-order valence-electron chi connectivity index (χ2n) is 8.35. The Hall–Kier alpha value is -1.60. The van der Waals surface area contributed by atoms with Crippen LogP contribution in [0, 0.1) is 11.8 Å². The smallest absolute Gasteiger partial charge is 0.355 e. The summed E-state index contributed by atoms with van der Waals surface area (Å²) in [6, 6.07) is 5.42. The summed E-state index contributed by atoms with van der Waals surface area (Å²) < 4.78 is 44.6. The molecule has 0 radical (unpaired) electrons. The third-order valence-electron chi connectivity index (χ3n) is 6.64. The first kappa shape index (κ1) is 19.7. The number of hydrogen-bond acceptors (Lipinski definition) is 3. The first-order chi connectivity index (χ1) is 13.3. The van der Waals surface area contributed by atoms with Gasteiger partial charge in [-0.25, -0.2) is 0 Å². The van der Waals surface area contributed by atoms with Gasteiger partial charge in [-0.15, -0.1) is 0 Å². The van der Waals surface area contributed by atoms with E-state index in [9.17, 15) is 18.0 Å². The van der Waals surface area contributed by atoms with Gasteiger partial charge in [0, 0.05) is 44.9 Å². The Morgan fingerprint density at radius 2 is 1.96 bits per heavy atom. The van der Waals surface area contributed by atoms with E-state index >= 15 is 0 Å². The molecule has 0 saturated carbocycles. The molecular weight excluding hydrogens is 369 g/mol. The molecule has 0 N–H and O–H groups in total. The molecule has 154 valence electrons. The third-order valence-corrected chi connectivity index (χ3v) is 6.64. The van der Waals surface area contributed by atoms with Crippen molar-refractivity contribution in [3.05, 3.63) is 35.4 Å². The quantitative estimate of drug-likeness (QED) is 0.777. The van der Waals surface area contributed by atoms with Gasteiger partial charge in [-0.2, -0.15) is 13.2 Å². The molecule has 1 spiro atoms. The van der Waals surface area contributed by atoms with E-state index in [1.54, 1.807) is 12.1 Å². The van der Waals surface area contributed by atoms with Gasteiger partial charge in [-0.05, 0) is 36.5 Å². The van der Waals surface area contributed by atoms with Gasteiger partial charge in [0.25, 0.3) is 0 Å². The Morgan fingerprint density at radius 1 is 1.21 bits per heavy atom. The van der Waals surface area contributed by atoms with Crippen LogP contribution in [-0.4, -0.2) is 47.7 Å². The van der Waals surface area contributed by atoms with Gasteiger partial charge in [-0.1, -0.05) is 19.1 Å². The van der Waals surface area contributed by atoms with Crippen molar-refractivity contribution in [2.24, 2.45) is 11.8 Å². The molecular formula is C21H27F3N2O2. The van der Waals surface area contributed by atoms with Gasteiger partial charge in [0.2, 0.25) is 5.91 Å². The van der Waals surface area contributed by atoms with Gasteiger partial charge in [0.05, 0.1) is 12.2 Å². The van der Waals surface area contributed by atoms with Gasteiger partial charge in [-0.3, -0.25) is 9.69 Å². The van der Waals surface area contributed by atoms with E-state index in [0.29, 0.717) is 25.5 Å². The van der Waals surface area contributed by atoms with Gasteiger partial charge < -0.3 is 9.64 Å². The molecule has 28 heavy (non-hydrogen) atoms. The lowest BCUT2D eigenvalue weighted by Gasteiger charge is -2.58. The predicted octanol–water partition coefficient (Wildman–Crippen LogP) is 3.90. The molecule has 3 saturated heterocycles. The summed E-state index contributed by atoms with van der Waals surface area (Å²) in [6.07, 6.45) is -1.16. The topological polar surface area (TPSA) is 32.8 Å². The maximum Gasteiger partial charge on any atom is 0.416 e. The monoisotopic (exact) mass is 396 g/mol. The molecule has 0 aromatic heterocycles. The number of alkyl halides is 3. The molecule has 1 amide bonds. The van der Waals surface area contributed by atoms with Crippen LogP contribution < -0.4 is 0 Å². The zero-order valence-corrected chi connectivity index (χ0v) is 16.2. The van der Waals surface area contributed by atoms with E-state index in [1.807, 2.05) is 4.90 Å². The SMILES string of the molecule is CC[C@@H]1CO[C@@]23CCN(Cc4ccc(C(F)(F)F)cc4)C[C@@H]2CCC(=O)N3C1. The average Bonchev–Trinajstić information content (AvgIpc) is 2.68. The highest BCUT2D eigenvalue weighted by molar-refractivity contribution is 5.78. The zero-order chi connectivity index (χ0) is 19.9. The molecule has 3 aliphatic heterocycles. The summed E-state index contributed by atoms with van der Waals surface area (Å²) in [7, 11) is 0. The van der Waals surface area contributed by atoms with Crippen molar-refractivity contribution in [1.82, 2.24) is 9.80 Å². The molecule has 0 aliphatic carbocycles. The molecule has 3 fully saturated rings. The summed E-state index contributed by atoms with van der Waals surface area (Å²) in [6.45, 7) is 5.82. The number of nitrogens with zero attached hydrogens (tertiary/aromatic N) is 2. The van der Waals surface area contributed by atoms with Crippen LogP contribution in [-0.2, 0) is 22.3 Å². The Balaban J connectivity index is 1.44. The highest BCUT2D eigenvalue weighted by Gasteiger charge is 2.55. The summed E-state index contributed by atoms with van der Waals surface area (Å²) in [5.74, 6) is 0.857. The Kier molecular flexibility index (Phi) is 5.16. The third kappa shape index (κ3) is 3.54. The van der Waals surface area contributed by atoms with Crippen LogP contribution in [0.2, 0.25) is 0 Å². The molecule has 4 nitrogen and oxygen atoms in total. The van der Waals surface area contributed by atoms with Crippen LogP contribution in [0.4, 0.5) is 13.2 Å². The fourth-order valence-corrected chi connectivity index (χ4v) is 4.93. The molecule has 1 aromatic rings. The van der Waals surface area contributed by atoms with Crippen LogP contribution in [0.5, 0.6) is 0 Å². The van der Waals surface area contributed by atoms with Crippen molar-refractivity contribution < 1.29 is 22.7 Å². The minimum atomic E-state index is -4.30. The number of carbonyl (C=O) groups is 1. The lowest BCUT2D eigenvalue weighted by Crippen LogP contribution is -2.69. The minimum absolute atomic E-state index is 0.200. The lowest BCUT2D eigenvalue weighted by atomic mass is 9.78. The molecule has 7 heteroatoms. The van der Waals surface area contributed by atoms with Crippen LogP contribution in [0.1, 0.15) is 43.7 Å². The number of carbonyl (C=O) groups excluding carboxylic acids is 1. The maximum absolute atomic E-state index is 12.7. The Bertz CT molecular complexity index is 721. The van der Waals surface area contributed by atoms with Crippen LogP contribution in [0.25, 0.3) is 0 Å². The lowest BCUT2D eigenvalue weighted by molar-refractivity contribution is -0.258. The molecule has 4 rings (SSSR count). The molecule has 1 aromatic carbocycles. The average molecular weight is 396 g/mol. The van der Waals surface area contributed by atoms with Crippen LogP contribution in [0.15, 0.2) is 24.3 Å². The van der Waals surface area contributed by atoms with E-state index in [0.717, 1.165) is 56.6 Å². The van der Waals surface area contributed by atoms with E-state index in [2.05, 4.69) is 11.8 Å². The first-order valence-electron chi connectivity index (χ1n) is 10.1. The number of rotatable bonds is 3. The summed E-state index contributed by atoms with van der Waals surface area (Å²) in [5.41, 5.74) is -0.211.